The first-order valence-corrected chi connectivity index (χ1v) is 10.2. The Kier molecular flexibility index (Phi) is 5.82. The molecular formula is C21H32N6O2. The number of rotatable bonds is 5. The smallest absolute Gasteiger partial charge is 0.407 e. The van der Waals surface area contributed by atoms with Crippen LogP contribution in [0.5, 0.6) is 0 Å². The van der Waals surface area contributed by atoms with Gasteiger partial charge in [-0.3, -0.25) is 4.98 Å². The van der Waals surface area contributed by atoms with Crippen LogP contribution in [0.2, 0.25) is 0 Å². The van der Waals surface area contributed by atoms with Gasteiger partial charge >= 0.3 is 6.09 Å². The van der Waals surface area contributed by atoms with Gasteiger partial charge in [0.05, 0.1) is 17.4 Å². The Bertz CT molecular complexity index is 843. The molecule has 0 saturated heterocycles. The molecule has 1 unspecified atom stereocenters. The maximum absolute atomic E-state index is 12.0. The standard InChI is InChI=1S/C21H32N6O2/c1-14(2)24-19(28)29-15-7-8-21(6,12-15)16-11-18(27(26-16)20(3,4)5)25-17-13-22-9-10-23-17/h9-11,13-15H,7-8,12H2,1-6H3,(H,23,25)(H,24,28)/t15?,21-/m0/s1. The van der Waals surface area contributed by atoms with E-state index in [0.717, 1.165) is 30.8 Å². The third-order valence-electron chi connectivity index (χ3n) is 5.16. The lowest BCUT2D eigenvalue weighted by Crippen LogP contribution is -2.33. The number of hydrogen-bond acceptors (Lipinski definition) is 6. The lowest BCUT2D eigenvalue weighted by atomic mass is 9.85. The molecule has 1 fully saturated rings. The molecule has 2 heterocycles. The summed E-state index contributed by atoms with van der Waals surface area (Å²) in [5.41, 5.74) is 0.636. The van der Waals surface area contributed by atoms with E-state index < -0.39 is 0 Å². The van der Waals surface area contributed by atoms with Gasteiger partial charge in [-0.15, -0.1) is 0 Å². The van der Waals surface area contributed by atoms with Crippen molar-refractivity contribution < 1.29 is 9.53 Å². The van der Waals surface area contributed by atoms with Crippen molar-refractivity contribution in [2.75, 3.05) is 5.32 Å². The SMILES string of the molecule is CC(C)NC(=O)OC1CC[C@](C)(c2cc(Nc3cnccn3)n(C(C)(C)C)n2)C1. The fourth-order valence-corrected chi connectivity index (χ4v) is 3.71. The van der Waals surface area contributed by atoms with Crippen LogP contribution in [0.4, 0.5) is 16.4 Å². The van der Waals surface area contributed by atoms with Gasteiger partial charge in [0.25, 0.3) is 0 Å². The Hall–Kier alpha value is -2.64. The highest BCUT2D eigenvalue weighted by Gasteiger charge is 2.41. The summed E-state index contributed by atoms with van der Waals surface area (Å²) < 4.78 is 7.61. The van der Waals surface area contributed by atoms with Crippen LogP contribution in [0.3, 0.4) is 0 Å². The molecule has 3 rings (SSSR count). The van der Waals surface area contributed by atoms with E-state index in [1.54, 1.807) is 18.6 Å². The predicted molar refractivity (Wildman–Crippen MR) is 112 cm³/mol. The van der Waals surface area contributed by atoms with Gasteiger partial charge in [0, 0.05) is 29.9 Å². The Balaban J connectivity index is 1.80. The second-order valence-electron chi connectivity index (χ2n) is 9.34. The van der Waals surface area contributed by atoms with Crippen molar-refractivity contribution in [3.63, 3.8) is 0 Å². The summed E-state index contributed by atoms with van der Waals surface area (Å²) >= 11 is 0. The first-order valence-electron chi connectivity index (χ1n) is 10.2. The molecule has 1 saturated carbocycles. The van der Waals surface area contributed by atoms with Crippen LogP contribution in [0.15, 0.2) is 24.7 Å². The van der Waals surface area contributed by atoms with E-state index in [0.29, 0.717) is 5.82 Å². The molecule has 29 heavy (non-hydrogen) atoms. The number of aromatic nitrogens is 4. The Morgan fingerprint density at radius 2 is 2.10 bits per heavy atom. The summed E-state index contributed by atoms with van der Waals surface area (Å²) in [4.78, 5) is 20.4. The molecule has 0 spiro atoms. The number of amides is 1. The van der Waals surface area contributed by atoms with E-state index in [4.69, 9.17) is 9.84 Å². The van der Waals surface area contributed by atoms with Gasteiger partial charge in [0.2, 0.25) is 0 Å². The lowest BCUT2D eigenvalue weighted by molar-refractivity contribution is 0.0957. The van der Waals surface area contributed by atoms with Crippen molar-refractivity contribution in [1.82, 2.24) is 25.1 Å². The maximum Gasteiger partial charge on any atom is 0.407 e. The molecule has 1 amide bonds. The fourth-order valence-electron chi connectivity index (χ4n) is 3.71. The van der Waals surface area contributed by atoms with E-state index >= 15 is 0 Å². The molecular weight excluding hydrogens is 368 g/mol. The van der Waals surface area contributed by atoms with Crippen molar-refractivity contribution >= 4 is 17.7 Å². The number of nitrogens with one attached hydrogen (secondary N) is 2. The van der Waals surface area contributed by atoms with Crippen molar-refractivity contribution in [2.45, 2.75) is 83.9 Å². The molecule has 0 aromatic carbocycles. The van der Waals surface area contributed by atoms with E-state index in [2.05, 4.69) is 54.4 Å². The topological polar surface area (TPSA) is 94.0 Å². The van der Waals surface area contributed by atoms with Gasteiger partial charge in [-0.05, 0) is 53.9 Å². The number of nitrogens with zero attached hydrogens (tertiary/aromatic N) is 4. The van der Waals surface area contributed by atoms with Crippen LogP contribution in [-0.4, -0.2) is 38.0 Å². The van der Waals surface area contributed by atoms with Gasteiger partial charge in [-0.2, -0.15) is 5.10 Å². The van der Waals surface area contributed by atoms with Crippen LogP contribution in [-0.2, 0) is 15.7 Å². The first-order chi connectivity index (χ1) is 13.6. The number of alkyl carbamates (subject to hydrolysis) is 1. The van der Waals surface area contributed by atoms with Gasteiger partial charge in [-0.1, -0.05) is 6.92 Å². The average molecular weight is 401 g/mol. The zero-order valence-electron chi connectivity index (χ0n) is 18.2. The van der Waals surface area contributed by atoms with Gasteiger partial charge in [0.15, 0.2) is 0 Å². The van der Waals surface area contributed by atoms with Crippen LogP contribution in [0.1, 0.15) is 66.5 Å². The zero-order valence-corrected chi connectivity index (χ0v) is 18.2. The summed E-state index contributed by atoms with van der Waals surface area (Å²) in [5, 5.41) is 11.1. The maximum atomic E-state index is 12.0. The number of carbonyl (C=O) groups is 1. The predicted octanol–water partition coefficient (Wildman–Crippen LogP) is 4.12. The van der Waals surface area contributed by atoms with E-state index in [1.807, 2.05) is 18.5 Å². The summed E-state index contributed by atoms with van der Waals surface area (Å²) in [5.74, 6) is 1.55. The van der Waals surface area contributed by atoms with Crippen LogP contribution >= 0.6 is 0 Å². The summed E-state index contributed by atoms with van der Waals surface area (Å²) in [7, 11) is 0. The minimum atomic E-state index is -0.348. The molecule has 0 aliphatic heterocycles. The van der Waals surface area contributed by atoms with Crippen molar-refractivity contribution in [1.29, 1.82) is 0 Å². The Morgan fingerprint density at radius 3 is 2.72 bits per heavy atom. The molecule has 2 atom stereocenters. The Labute approximate surface area is 172 Å². The van der Waals surface area contributed by atoms with E-state index in [-0.39, 0.29) is 29.2 Å². The number of ether oxygens (including phenoxy) is 1. The minimum absolute atomic E-state index is 0.0625. The molecule has 2 N–H and O–H groups in total. The molecule has 0 bridgehead atoms. The van der Waals surface area contributed by atoms with Crippen LogP contribution in [0, 0.1) is 0 Å². The molecule has 8 nitrogen and oxygen atoms in total. The average Bonchev–Trinajstić information content (AvgIpc) is 3.20. The molecule has 0 radical (unpaired) electrons. The summed E-state index contributed by atoms with van der Waals surface area (Å²) in [6.45, 7) is 12.4. The van der Waals surface area contributed by atoms with Crippen molar-refractivity contribution in [3.8, 4) is 0 Å². The first kappa shape index (κ1) is 21.1. The molecule has 1 aliphatic rings. The monoisotopic (exact) mass is 400 g/mol. The van der Waals surface area contributed by atoms with Crippen LogP contribution < -0.4 is 10.6 Å². The third kappa shape index (κ3) is 5.05. The zero-order chi connectivity index (χ0) is 21.2. The van der Waals surface area contributed by atoms with Crippen LogP contribution in [0.25, 0.3) is 0 Å². The lowest BCUT2D eigenvalue weighted by Gasteiger charge is -2.24. The number of anilines is 2. The molecule has 8 heteroatoms. The quantitative estimate of drug-likeness (QED) is 0.784. The molecule has 2 aromatic heterocycles. The third-order valence-corrected chi connectivity index (χ3v) is 5.16. The Morgan fingerprint density at radius 1 is 1.34 bits per heavy atom. The number of hydrogen-bond donors (Lipinski definition) is 2. The van der Waals surface area contributed by atoms with Gasteiger partial charge in [0.1, 0.15) is 17.7 Å². The van der Waals surface area contributed by atoms with Crippen molar-refractivity contribution in [2.24, 2.45) is 0 Å². The number of carbonyl (C=O) groups excluding carboxylic acids is 1. The summed E-state index contributed by atoms with van der Waals surface area (Å²) in [6.07, 6.45) is 7.04. The highest BCUT2D eigenvalue weighted by Crippen LogP contribution is 2.43. The highest BCUT2D eigenvalue weighted by molar-refractivity contribution is 5.67. The highest BCUT2D eigenvalue weighted by atomic mass is 16.6. The largest absolute Gasteiger partial charge is 0.446 e. The van der Waals surface area contributed by atoms with Crippen molar-refractivity contribution in [3.05, 3.63) is 30.4 Å². The second-order valence-corrected chi connectivity index (χ2v) is 9.34. The van der Waals surface area contributed by atoms with Gasteiger partial charge in [-0.25, -0.2) is 14.5 Å². The molecule has 158 valence electrons. The minimum Gasteiger partial charge on any atom is -0.446 e. The normalized spacial score (nSPS) is 22.0. The molecule has 2 aromatic rings. The van der Waals surface area contributed by atoms with E-state index in [9.17, 15) is 4.79 Å². The molecule has 1 aliphatic carbocycles. The fraction of sp³-hybridized carbons (Fsp3) is 0.619. The van der Waals surface area contributed by atoms with Gasteiger partial charge < -0.3 is 15.4 Å². The second kappa shape index (κ2) is 8.00. The summed E-state index contributed by atoms with van der Waals surface area (Å²) in [6, 6.07) is 2.14. The van der Waals surface area contributed by atoms with E-state index in [1.165, 1.54) is 0 Å².